The summed E-state index contributed by atoms with van der Waals surface area (Å²) in [5, 5.41) is 9.08. The van der Waals surface area contributed by atoms with Crippen LogP contribution in [-0.4, -0.2) is 27.9 Å². The van der Waals surface area contributed by atoms with Crippen LogP contribution in [0.2, 0.25) is 0 Å². The highest BCUT2D eigenvalue weighted by Gasteiger charge is 2.28. The predicted molar refractivity (Wildman–Crippen MR) is 88.3 cm³/mol. The van der Waals surface area contributed by atoms with E-state index in [0.29, 0.717) is 12.4 Å². The molecule has 2 aromatic carbocycles. The Bertz CT molecular complexity index is 815. The first-order chi connectivity index (χ1) is 11.8. The average molecular weight is 320 g/mol. The van der Waals surface area contributed by atoms with Gasteiger partial charge in [0, 0.05) is 5.92 Å². The van der Waals surface area contributed by atoms with Gasteiger partial charge < -0.3 is 10.1 Å². The second-order valence-corrected chi connectivity index (χ2v) is 5.61. The van der Waals surface area contributed by atoms with Crippen molar-refractivity contribution in [3.05, 3.63) is 71.8 Å². The SMILES string of the molecule is O=C(NCc1ncn[nH]1)OCC1c2ccccc2-c2ccccc21. The number of nitrogens with one attached hydrogen (secondary N) is 2. The zero-order valence-corrected chi connectivity index (χ0v) is 12.9. The highest BCUT2D eigenvalue weighted by molar-refractivity contribution is 5.79. The van der Waals surface area contributed by atoms with Gasteiger partial charge in [-0.2, -0.15) is 5.10 Å². The second-order valence-electron chi connectivity index (χ2n) is 5.61. The Balaban J connectivity index is 1.45. The summed E-state index contributed by atoms with van der Waals surface area (Å²) in [7, 11) is 0. The van der Waals surface area contributed by atoms with Crippen molar-refractivity contribution in [1.29, 1.82) is 0 Å². The van der Waals surface area contributed by atoms with E-state index in [9.17, 15) is 4.79 Å². The molecule has 0 radical (unpaired) electrons. The number of alkyl carbamates (subject to hydrolysis) is 1. The van der Waals surface area contributed by atoms with Gasteiger partial charge in [0.25, 0.3) is 0 Å². The minimum atomic E-state index is -0.465. The van der Waals surface area contributed by atoms with Crippen molar-refractivity contribution < 1.29 is 9.53 Å². The molecule has 0 atom stereocenters. The summed E-state index contributed by atoms with van der Waals surface area (Å²) >= 11 is 0. The lowest BCUT2D eigenvalue weighted by molar-refractivity contribution is 0.142. The molecule has 4 rings (SSSR count). The van der Waals surface area contributed by atoms with Crippen LogP contribution in [-0.2, 0) is 11.3 Å². The number of ether oxygens (including phenoxy) is 1. The summed E-state index contributed by atoms with van der Waals surface area (Å²) in [5.41, 5.74) is 4.82. The third-order valence-corrected chi connectivity index (χ3v) is 4.21. The lowest BCUT2D eigenvalue weighted by Gasteiger charge is -2.14. The summed E-state index contributed by atoms with van der Waals surface area (Å²) in [4.78, 5) is 15.9. The molecule has 1 amide bonds. The van der Waals surface area contributed by atoms with Crippen LogP contribution in [0.4, 0.5) is 4.79 Å². The quantitative estimate of drug-likeness (QED) is 0.774. The van der Waals surface area contributed by atoms with Crippen molar-refractivity contribution >= 4 is 6.09 Å². The molecule has 0 aliphatic heterocycles. The van der Waals surface area contributed by atoms with Crippen LogP contribution >= 0.6 is 0 Å². The zero-order chi connectivity index (χ0) is 16.4. The Kier molecular flexibility index (Phi) is 3.70. The highest BCUT2D eigenvalue weighted by Crippen LogP contribution is 2.44. The minimum absolute atomic E-state index is 0.0634. The summed E-state index contributed by atoms with van der Waals surface area (Å²) in [6.07, 6.45) is 0.933. The Hall–Kier alpha value is -3.15. The summed E-state index contributed by atoms with van der Waals surface area (Å²) in [6.45, 7) is 0.562. The van der Waals surface area contributed by atoms with Crippen LogP contribution in [0.5, 0.6) is 0 Å². The van der Waals surface area contributed by atoms with E-state index < -0.39 is 6.09 Å². The van der Waals surface area contributed by atoms with Gasteiger partial charge in [-0.15, -0.1) is 0 Å². The number of hydrogen-bond donors (Lipinski definition) is 2. The monoisotopic (exact) mass is 320 g/mol. The van der Waals surface area contributed by atoms with E-state index >= 15 is 0 Å². The van der Waals surface area contributed by atoms with E-state index in [2.05, 4.69) is 44.8 Å². The average Bonchev–Trinajstić information content (AvgIpc) is 3.25. The standard InChI is InChI=1S/C18H16N4O2/c23-18(19-9-17-20-11-21-22-17)24-10-16-14-7-3-1-5-12(14)13-6-2-4-8-15(13)16/h1-8,11,16H,9-10H2,(H,19,23)(H,20,21,22). The first-order valence-electron chi connectivity index (χ1n) is 7.76. The van der Waals surface area contributed by atoms with E-state index in [0.717, 1.165) is 0 Å². The highest BCUT2D eigenvalue weighted by atomic mass is 16.5. The molecule has 0 fully saturated rings. The molecule has 0 saturated heterocycles. The molecular weight excluding hydrogens is 304 g/mol. The molecule has 2 N–H and O–H groups in total. The zero-order valence-electron chi connectivity index (χ0n) is 12.9. The molecule has 3 aromatic rings. The van der Waals surface area contributed by atoms with Crippen LogP contribution in [0.3, 0.4) is 0 Å². The number of hydrogen-bond acceptors (Lipinski definition) is 4. The number of rotatable bonds is 4. The lowest BCUT2D eigenvalue weighted by Crippen LogP contribution is -2.26. The van der Waals surface area contributed by atoms with Gasteiger partial charge in [-0.05, 0) is 22.3 Å². The van der Waals surface area contributed by atoms with E-state index in [1.165, 1.54) is 28.6 Å². The van der Waals surface area contributed by atoms with Crippen LogP contribution < -0.4 is 5.32 Å². The summed E-state index contributed by atoms with van der Waals surface area (Å²) < 4.78 is 5.43. The Morgan fingerprint density at radius 2 is 1.75 bits per heavy atom. The molecule has 0 unspecified atom stereocenters. The smallest absolute Gasteiger partial charge is 0.407 e. The summed E-state index contributed by atoms with van der Waals surface area (Å²) in [6, 6.07) is 16.5. The fourth-order valence-electron chi connectivity index (χ4n) is 3.12. The third kappa shape index (κ3) is 2.62. The van der Waals surface area contributed by atoms with Crippen molar-refractivity contribution in [3.63, 3.8) is 0 Å². The number of aromatic amines is 1. The molecule has 0 saturated carbocycles. The van der Waals surface area contributed by atoms with Gasteiger partial charge in [-0.25, -0.2) is 9.78 Å². The molecule has 1 aliphatic carbocycles. The van der Waals surface area contributed by atoms with Gasteiger partial charge >= 0.3 is 6.09 Å². The molecular formula is C18H16N4O2. The van der Waals surface area contributed by atoms with Gasteiger partial charge in [0.2, 0.25) is 0 Å². The molecule has 1 aromatic heterocycles. The van der Waals surface area contributed by atoms with Crippen molar-refractivity contribution in [3.8, 4) is 11.1 Å². The molecule has 24 heavy (non-hydrogen) atoms. The van der Waals surface area contributed by atoms with Crippen LogP contribution in [0.1, 0.15) is 22.9 Å². The fraction of sp³-hybridized carbons (Fsp3) is 0.167. The van der Waals surface area contributed by atoms with Gasteiger partial charge in [-0.1, -0.05) is 48.5 Å². The van der Waals surface area contributed by atoms with Gasteiger partial charge in [0.15, 0.2) is 0 Å². The number of amides is 1. The number of carbonyl (C=O) groups excluding carboxylic acids is 1. The maximum atomic E-state index is 11.9. The largest absolute Gasteiger partial charge is 0.449 e. The maximum absolute atomic E-state index is 11.9. The number of carbonyl (C=O) groups is 1. The first kappa shape index (κ1) is 14.4. The van der Waals surface area contributed by atoms with Gasteiger partial charge in [0.1, 0.15) is 18.8 Å². The number of fused-ring (bicyclic) bond motifs is 3. The predicted octanol–water partition coefficient (Wildman–Crippen LogP) is 2.84. The number of aromatic nitrogens is 3. The molecule has 1 aliphatic rings. The van der Waals surface area contributed by atoms with Gasteiger partial charge in [-0.3, -0.25) is 5.10 Å². The Morgan fingerprint density at radius 1 is 1.08 bits per heavy atom. The van der Waals surface area contributed by atoms with E-state index in [-0.39, 0.29) is 12.5 Å². The maximum Gasteiger partial charge on any atom is 0.407 e. The fourth-order valence-corrected chi connectivity index (χ4v) is 3.12. The van der Waals surface area contributed by atoms with Gasteiger partial charge in [0.05, 0.1) is 6.54 Å². The summed E-state index contributed by atoms with van der Waals surface area (Å²) in [5.74, 6) is 0.650. The Morgan fingerprint density at radius 3 is 2.38 bits per heavy atom. The number of H-pyrrole nitrogens is 1. The molecule has 6 heteroatoms. The first-order valence-corrected chi connectivity index (χ1v) is 7.76. The molecule has 0 bridgehead atoms. The second kappa shape index (κ2) is 6.16. The third-order valence-electron chi connectivity index (χ3n) is 4.21. The van der Waals surface area contributed by atoms with Crippen molar-refractivity contribution in [1.82, 2.24) is 20.5 Å². The molecule has 120 valence electrons. The van der Waals surface area contributed by atoms with Crippen LogP contribution in [0.15, 0.2) is 54.9 Å². The van der Waals surface area contributed by atoms with Crippen molar-refractivity contribution in [2.75, 3.05) is 6.61 Å². The normalized spacial score (nSPS) is 12.5. The number of benzene rings is 2. The number of nitrogens with zero attached hydrogens (tertiary/aromatic N) is 2. The van der Waals surface area contributed by atoms with Crippen LogP contribution in [0.25, 0.3) is 11.1 Å². The molecule has 1 heterocycles. The van der Waals surface area contributed by atoms with Crippen LogP contribution in [0, 0.1) is 0 Å². The van der Waals surface area contributed by atoms with Crippen molar-refractivity contribution in [2.45, 2.75) is 12.5 Å². The van der Waals surface area contributed by atoms with Crippen molar-refractivity contribution in [2.24, 2.45) is 0 Å². The van der Waals surface area contributed by atoms with E-state index in [4.69, 9.17) is 4.74 Å². The topological polar surface area (TPSA) is 79.9 Å². The minimum Gasteiger partial charge on any atom is -0.449 e. The lowest BCUT2D eigenvalue weighted by atomic mass is 9.98. The van der Waals surface area contributed by atoms with E-state index in [1.807, 2.05) is 24.3 Å². The molecule has 6 nitrogen and oxygen atoms in total. The van der Waals surface area contributed by atoms with E-state index in [1.54, 1.807) is 0 Å². The Labute approximate surface area is 138 Å². The molecule has 0 spiro atoms.